The summed E-state index contributed by atoms with van der Waals surface area (Å²) in [6.45, 7) is 3.99. The summed E-state index contributed by atoms with van der Waals surface area (Å²) in [6.07, 6.45) is 0. The van der Waals surface area contributed by atoms with Crippen LogP contribution in [0.4, 0.5) is 4.39 Å². The van der Waals surface area contributed by atoms with Gasteiger partial charge in [-0.1, -0.05) is 0 Å². The molecule has 0 spiro atoms. The van der Waals surface area contributed by atoms with Gasteiger partial charge in [-0.25, -0.2) is 18.7 Å². The summed E-state index contributed by atoms with van der Waals surface area (Å²) in [7, 11) is 1.58. The highest BCUT2D eigenvalue weighted by atomic mass is 35.5. The lowest BCUT2D eigenvalue weighted by molar-refractivity contribution is 0.628. The molecule has 2 rings (SSSR count). The molecule has 0 bridgehead atoms. The molecule has 20 heavy (non-hydrogen) atoms. The van der Waals surface area contributed by atoms with Crippen LogP contribution < -0.4 is 5.69 Å². The van der Waals surface area contributed by atoms with Gasteiger partial charge in [0.2, 0.25) is 5.29 Å². The van der Waals surface area contributed by atoms with Gasteiger partial charge in [0.05, 0.1) is 11.0 Å². The summed E-state index contributed by atoms with van der Waals surface area (Å²) in [5, 5.41) is 0.0796. The fraction of sp³-hybridized carbons (Fsp3) is 0.308. The minimum absolute atomic E-state index is 0.0796. The Morgan fingerprint density at radius 2 is 2.10 bits per heavy atom. The molecule has 2 aromatic rings. The second-order valence-corrected chi connectivity index (χ2v) is 4.55. The smallest absolute Gasteiger partial charge is 0.295 e. The average Bonchev–Trinajstić information content (AvgIpc) is 2.62. The number of hydrogen-bond donors (Lipinski definition) is 0. The monoisotopic (exact) mass is 296 g/mol. The SMILES string of the molecule is CCN=C(Cl)N=C(C)n1c(=O)n(C)c2cc(F)ccc21. The van der Waals surface area contributed by atoms with Crippen molar-refractivity contribution in [1.29, 1.82) is 0 Å². The maximum absolute atomic E-state index is 13.3. The fourth-order valence-electron chi connectivity index (χ4n) is 1.97. The number of nitrogens with zero attached hydrogens (tertiary/aromatic N) is 4. The highest BCUT2D eigenvalue weighted by Crippen LogP contribution is 2.14. The molecular weight excluding hydrogens is 283 g/mol. The van der Waals surface area contributed by atoms with Crippen LogP contribution in [0.25, 0.3) is 11.0 Å². The average molecular weight is 297 g/mol. The summed E-state index contributed by atoms with van der Waals surface area (Å²) in [5.74, 6) is -0.0140. The van der Waals surface area contributed by atoms with Crippen molar-refractivity contribution in [3.8, 4) is 0 Å². The molecule has 7 heteroatoms. The van der Waals surface area contributed by atoms with E-state index in [-0.39, 0.29) is 11.0 Å². The van der Waals surface area contributed by atoms with Crippen molar-refractivity contribution in [2.24, 2.45) is 17.0 Å². The van der Waals surface area contributed by atoms with Crippen LogP contribution in [0.1, 0.15) is 13.8 Å². The van der Waals surface area contributed by atoms with Crippen LogP contribution in [0, 0.1) is 5.82 Å². The van der Waals surface area contributed by atoms with Crippen LogP contribution in [0.3, 0.4) is 0 Å². The molecule has 1 aromatic carbocycles. The minimum atomic E-state index is -0.398. The fourth-order valence-corrected chi connectivity index (χ4v) is 2.21. The highest BCUT2D eigenvalue weighted by Gasteiger charge is 2.13. The lowest BCUT2D eigenvalue weighted by Gasteiger charge is -2.01. The number of fused-ring (bicyclic) bond motifs is 1. The number of aromatic nitrogens is 2. The third-order valence-corrected chi connectivity index (χ3v) is 3.09. The van der Waals surface area contributed by atoms with Gasteiger partial charge in [-0.15, -0.1) is 0 Å². The van der Waals surface area contributed by atoms with Crippen LogP contribution in [0.5, 0.6) is 0 Å². The predicted molar refractivity (Wildman–Crippen MR) is 79.5 cm³/mol. The Balaban J connectivity index is 2.69. The van der Waals surface area contributed by atoms with Gasteiger partial charge in [0, 0.05) is 13.6 Å². The molecular formula is C13H14ClFN4O. The van der Waals surface area contributed by atoms with E-state index < -0.39 is 5.82 Å². The van der Waals surface area contributed by atoms with Crippen molar-refractivity contribution in [3.63, 3.8) is 0 Å². The Morgan fingerprint density at radius 1 is 1.40 bits per heavy atom. The Labute approximate surface area is 120 Å². The van der Waals surface area contributed by atoms with Gasteiger partial charge in [-0.3, -0.25) is 9.56 Å². The molecule has 0 unspecified atom stereocenters. The topological polar surface area (TPSA) is 51.6 Å². The van der Waals surface area contributed by atoms with E-state index in [1.54, 1.807) is 14.0 Å². The third-order valence-electron chi connectivity index (χ3n) is 2.88. The number of benzene rings is 1. The largest absolute Gasteiger partial charge is 0.334 e. The van der Waals surface area contributed by atoms with Gasteiger partial charge in [-0.05, 0) is 43.6 Å². The molecule has 0 radical (unpaired) electrons. The summed E-state index contributed by atoms with van der Waals surface area (Å²) >= 11 is 5.84. The quantitative estimate of drug-likeness (QED) is 0.453. The normalized spacial score (nSPS) is 13.2. The summed E-state index contributed by atoms with van der Waals surface area (Å²) in [5.41, 5.74) is 0.752. The minimum Gasteiger partial charge on any atom is -0.295 e. The standard InChI is InChI=1S/C13H14ClFN4O/c1-4-16-12(14)17-8(2)19-10-6-5-9(15)7-11(10)18(3)13(19)20/h5-7H,4H2,1-3H3. The molecule has 0 saturated heterocycles. The number of halogens is 2. The molecule has 5 nitrogen and oxygen atoms in total. The van der Waals surface area contributed by atoms with Crippen molar-refractivity contribution in [3.05, 3.63) is 34.5 Å². The molecule has 0 saturated carbocycles. The van der Waals surface area contributed by atoms with Crippen molar-refractivity contribution in [2.45, 2.75) is 13.8 Å². The molecule has 1 heterocycles. The number of hydrogen-bond acceptors (Lipinski definition) is 2. The van der Waals surface area contributed by atoms with Crippen LogP contribution in [-0.4, -0.2) is 26.8 Å². The molecule has 106 valence electrons. The maximum Gasteiger partial charge on any atom is 0.334 e. The second-order valence-electron chi connectivity index (χ2n) is 4.21. The Bertz CT molecular complexity index is 773. The Morgan fingerprint density at radius 3 is 2.75 bits per heavy atom. The summed E-state index contributed by atoms with van der Waals surface area (Å²) < 4.78 is 16.0. The van der Waals surface area contributed by atoms with Gasteiger partial charge >= 0.3 is 5.69 Å². The molecule has 0 atom stereocenters. The zero-order valence-corrected chi connectivity index (χ0v) is 12.1. The molecule has 0 amide bonds. The summed E-state index contributed by atoms with van der Waals surface area (Å²) in [6, 6.07) is 4.14. The Hall–Kier alpha value is -1.95. The molecule has 0 aliphatic rings. The first-order chi connectivity index (χ1) is 9.45. The van der Waals surface area contributed by atoms with Gasteiger partial charge in [-0.2, -0.15) is 0 Å². The van der Waals surface area contributed by atoms with E-state index in [0.717, 1.165) is 0 Å². The lowest BCUT2D eigenvalue weighted by Crippen LogP contribution is -2.27. The van der Waals surface area contributed by atoms with Crippen molar-refractivity contribution < 1.29 is 4.39 Å². The van der Waals surface area contributed by atoms with Gasteiger partial charge in [0.1, 0.15) is 11.7 Å². The lowest BCUT2D eigenvalue weighted by atomic mass is 10.3. The molecule has 0 fully saturated rings. The maximum atomic E-state index is 13.3. The van der Waals surface area contributed by atoms with Gasteiger partial charge in [0.15, 0.2) is 0 Å². The number of aliphatic imine (C=N–C) groups is 2. The second kappa shape index (κ2) is 5.58. The van der Waals surface area contributed by atoms with E-state index in [2.05, 4.69) is 9.98 Å². The van der Waals surface area contributed by atoms with Gasteiger partial charge < -0.3 is 0 Å². The highest BCUT2D eigenvalue weighted by molar-refractivity contribution is 6.65. The third kappa shape index (κ3) is 2.51. The summed E-state index contributed by atoms with van der Waals surface area (Å²) in [4.78, 5) is 20.2. The number of imidazole rings is 1. The Kier molecular flexibility index (Phi) is 4.04. The van der Waals surface area contributed by atoms with Gasteiger partial charge in [0.25, 0.3) is 0 Å². The first-order valence-electron chi connectivity index (χ1n) is 6.08. The van der Waals surface area contributed by atoms with Crippen molar-refractivity contribution in [2.75, 3.05) is 6.54 Å². The first kappa shape index (κ1) is 14.5. The molecule has 1 aromatic heterocycles. The van der Waals surface area contributed by atoms with E-state index in [0.29, 0.717) is 23.4 Å². The molecule has 0 aliphatic carbocycles. The molecule has 0 aliphatic heterocycles. The van der Waals surface area contributed by atoms with Crippen LogP contribution in [-0.2, 0) is 7.05 Å². The first-order valence-corrected chi connectivity index (χ1v) is 6.46. The van der Waals surface area contributed by atoms with Crippen molar-refractivity contribution >= 4 is 33.8 Å². The zero-order valence-electron chi connectivity index (χ0n) is 11.4. The number of rotatable bonds is 1. The van der Waals surface area contributed by atoms with E-state index in [1.807, 2.05) is 6.92 Å². The van der Waals surface area contributed by atoms with E-state index in [1.165, 1.54) is 27.3 Å². The van der Waals surface area contributed by atoms with Crippen LogP contribution in [0.15, 0.2) is 33.0 Å². The van der Waals surface area contributed by atoms with E-state index in [4.69, 9.17) is 11.6 Å². The molecule has 0 N–H and O–H groups in total. The van der Waals surface area contributed by atoms with E-state index >= 15 is 0 Å². The zero-order chi connectivity index (χ0) is 14.9. The van der Waals surface area contributed by atoms with Crippen molar-refractivity contribution in [1.82, 2.24) is 9.13 Å². The van der Waals surface area contributed by atoms with E-state index in [9.17, 15) is 9.18 Å². The predicted octanol–water partition coefficient (Wildman–Crippen LogP) is 2.36. The van der Waals surface area contributed by atoms with Crippen LogP contribution >= 0.6 is 11.6 Å². The number of amidine groups is 1. The van der Waals surface area contributed by atoms with Crippen LogP contribution in [0.2, 0.25) is 0 Å². The number of aryl methyl sites for hydroxylation is 1.